The number of nitrogens with one attached hydrogen (secondary N) is 1. The first-order valence-electron chi connectivity index (χ1n) is 4.99. The number of hydrogen-bond acceptors (Lipinski definition) is 4. The molecular weight excluding hydrogens is 216 g/mol. The normalized spacial score (nSPS) is 22.6. The van der Waals surface area contributed by atoms with Crippen molar-refractivity contribution in [2.24, 2.45) is 0 Å². The monoisotopic (exact) mass is 234 g/mol. The van der Waals surface area contributed by atoms with Gasteiger partial charge in [0, 0.05) is 25.3 Å². The average Bonchev–Trinajstić information content (AvgIpc) is 2.44. The smallest absolute Gasteiger partial charge is 0.404 e. The second-order valence-corrected chi connectivity index (χ2v) is 5.69. The molecule has 1 aliphatic heterocycles. The van der Waals surface area contributed by atoms with E-state index in [9.17, 15) is 9.90 Å². The third-order valence-corrected chi connectivity index (χ3v) is 3.85. The molecular formula is C9H18N2O3S. The van der Waals surface area contributed by atoms with Crippen LogP contribution in [0.3, 0.4) is 0 Å². The first-order chi connectivity index (χ1) is 6.93. The third kappa shape index (κ3) is 3.55. The van der Waals surface area contributed by atoms with Crippen LogP contribution in [0.1, 0.15) is 20.3 Å². The van der Waals surface area contributed by atoms with Gasteiger partial charge in [-0.1, -0.05) is 0 Å². The van der Waals surface area contributed by atoms with Gasteiger partial charge in [-0.25, -0.2) is 4.79 Å². The molecule has 0 bridgehead atoms. The molecule has 6 heteroatoms. The Morgan fingerprint density at radius 2 is 2.33 bits per heavy atom. The molecule has 0 radical (unpaired) electrons. The molecule has 1 aliphatic rings. The summed E-state index contributed by atoms with van der Waals surface area (Å²) in [7, 11) is 0. The predicted molar refractivity (Wildman–Crippen MR) is 59.9 cm³/mol. The summed E-state index contributed by atoms with van der Waals surface area (Å²) in [4.78, 5) is 12.2. The van der Waals surface area contributed by atoms with Crippen LogP contribution in [0.15, 0.2) is 0 Å². The average molecular weight is 234 g/mol. The van der Waals surface area contributed by atoms with E-state index >= 15 is 0 Å². The number of hydrogen-bond donors (Lipinski definition) is 3. The molecule has 0 saturated carbocycles. The predicted octanol–water partition coefficient (Wildman–Crippen LogP) is 0.747. The summed E-state index contributed by atoms with van der Waals surface area (Å²) in [6.45, 7) is 5.27. The Morgan fingerprint density at radius 1 is 1.67 bits per heavy atom. The molecule has 1 saturated heterocycles. The van der Waals surface area contributed by atoms with Gasteiger partial charge in [0.2, 0.25) is 0 Å². The zero-order valence-corrected chi connectivity index (χ0v) is 9.88. The molecule has 0 aliphatic carbocycles. The lowest BCUT2D eigenvalue weighted by Crippen LogP contribution is -2.45. The lowest BCUT2D eigenvalue weighted by atomic mass is 10.2. The quantitative estimate of drug-likeness (QED) is 0.669. The summed E-state index contributed by atoms with van der Waals surface area (Å²) in [6, 6.07) is 0. The van der Waals surface area contributed by atoms with Crippen molar-refractivity contribution in [2.75, 3.05) is 18.8 Å². The molecule has 1 heterocycles. The highest BCUT2D eigenvalue weighted by Crippen LogP contribution is 2.36. The molecule has 15 heavy (non-hydrogen) atoms. The molecule has 0 spiro atoms. The van der Waals surface area contributed by atoms with Gasteiger partial charge in [-0.3, -0.25) is 4.90 Å². The Morgan fingerprint density at radius 3 is 2.80 bits per heavy atom. The minimum absolute atomic E-state index is 0.0529. The van der Waals surface area contributed by atoms with Crippen molar-refractivity contribution < 1.29 is 15.0 Å². The van der Waals surface area contributed by atoms with Crippen molar-refractivity contribution in [1.29, 1.82) is 0 Å². The second-order valence-electron chi connectivity index (χ2n) is 3.99. The minimum Gasteiger partial charge on any atom is -0.465 e. The summed E-state index contributed by atoms with van der Waals surface area (Å²) in [5, 5.41) is 20.5. The van der Waals surface area contributed by atoms with Gasteiger partial charge >= 0.3 is 6.09 Å². The van der Waals surface area contributed by atoms with Crippen LogP contribution in [0.4, 0.5) is 4.79 Å². The summed E-state index contributed by atoms with van der Waals surface area (Å²) in [6.07, 6.45) is -1.19. The molecule has 0 aromatic heterocycles. The standard InChI is InChI=1S/C9H18N2O3S/c1-9(2)11(5-6-15-9)7(12)3-4-10-8(13)14/h7,10,12H,3-6H2,1-2H3,(H,13,14). The highest BCUT2D eigenvalue weighted by molar-refractivity contribution is 8.00. The molecule has 1 unspecified atom stereocenters. The van der Waals surface area contributed by atoms with Gasteiger partial charge in [0.05, 0.1) is 4.87 Å². The number of aliphatic hydroxyl groups is 1. The van der Waals surface area contributed by atoms with E-state index in [1.807, 2.05) is 4.90 Å². The van der Waals surface area contributed by atoms with Crippen LogP contribution in [0, 0.1) is 0 Å². The van der Waals surface area contributed by atoms with E-state index in [-0.39, 0.29) is 11.4 Å². The van der Waals surface area contributed by atoms with Crippen LogP contribution in [-0.4, -0.2) is 51.1 Å². The maximum Gasteiger partial charge on any atom is 0.404 e. The van der Waals surface area contributed by atoms with Crippen molar-refractivity contribution >= 4 is 17.9 Å². The van der Waals surface area contributed by atoms with E-state index in [0.29, 0.717) is 6.42 Å². The Bertz CT molecular complexity index is 235. The summed E-state index contributed by atoms with van der Waals surface area (Å²) < 4.78 is 0. The van der Waals surface area contributed by atoms with Gasteiger partial charge in [-0.15, -0.1) is 11.8 Å². The molecule has 5 nitrogen and oxygen atoms in total. The summed E-state index contributed by atoms with van der Waals surface area (Å²) in [5.41, 5.74) is 0. The van der Waals surface area contributed by atoms with Crippen molar-refractivity contribution in [1.82, 2.24) is 10.2 Å². The molecule has 0 aromatic carbocycles. The number of carboxylic acid groups (broad SMARTS) is 1. The third-order valence-electron chi connectivity index (χ3n) is 2.52. The SMILES string of the molecule is CC1(C)SCCN1C(O)CCNC(=O)O. The van der Waals surface area contributed by atoms with E-state index in [1.165, 1.54) is 0 Å². The number of aliphatic hydroxyl groups excluding tert-OH is 1. The van der Waals surface area contributed by atoms with Gasteiger partial charge in [-0.05, 0) is 13.8 Å². The van der Waals surface area contributed by atoms with Crippen LogP contribution in [-0.2, 0) is 0 Å². The van der Waals surface area contributed by atoms with Gasteiger partial charge < -0.3 is 15.5 Å². The fourth-order valence-corrected chi connectivity index (χ4v) is 2.88. The Labute approximate surface area is 93.8 Å². The van der Waals surface area contributed by atoms with E-state index in [1.54, 1.807) is 11.8 Å². The van der Waals surface area contributed by atoms with Crippen molar-refractivity contribution in [3.63, 3.8) is 0 Å². The summed E-state index contributed by atoms with van der Waals surface area (Å²) >= 11 is 1.80. The maximum absolute atomic E-state index is 10.2. The van der Waals surface area contributed by atoms with Crippen LogP contribution in [0.5, 0.6) is 0 Å². The minimum atomic E-state index is -1.04. The number of thioether (sulfide) groups is 1. The lowest BCUT2D eigenvalue weighted by Gasteiger charge is -2.34. The molecule has 1 rings (SSSR count). The Hall–Kier alpha value is -0.460. The Balaban J connectivity index is 2.33. The van der Waals surface area contributed by atoms with Crippen LogP contribution in [0.25, 0.3) is 0 Å². The molecule has 1 atom stereocenters. The van der Waals surface area contributed by atoms with Crippen molar-refractivity contribution in [3.8, 4) is 0 Å². The van der Waals surface area contributed by atoms with E-state index < -0.39 is 12.3 Å². The van der Waals surface area contributed by atoms with Gasteiger partial charge in [0.15, 0.2) is 0 Å². The fraction of sp³-hybridized carbons (Fsp3) is 0.889. The van der Waals surface area contributed by atoms with Crippen LogP contribution < -0.4 is 5.32 Å². The fourth-order valence-electron chi connectivity index (χ4n) is 1.72. The molecule has 88 valence electrons. The van der Waals surface area contributed by atoms with E-state index in [2.05, 4.69) is 19.2 Å². The van der Waals surface area contributed by atoms with E-state index in [0.717, 1.165) is 12.3 Å². The van der Waals surface area contributed by atoms with Gasteiger partial charge in [-0.2, -0.15) is 0 Å². The first-order valence-corrected chi connectivity index (χ1v) is 5.97. The molecule has 0 aromatic rings. The van der Waals surface area contributed by atoms with Crippen molar-refractivity contribution in [3.05, 3.63) is 0 Å². The Kier molecular flexibility index (Phi) is 4.24. The van der Waals surface area contributed by atoms with E-state index in [4.69, 9.17) is 5.11 Å². The zero-order chi connectivity index (χ0) is 11.5. The molecule has 1 fully saturated rings. The van der Waals surface area contributed by atoms with Crippen molar-refractivity contribution in [2.45, 2.75) is 31.4 Å². The zero-order valence-electron chi connectivity index (χ0n) is 9.06. The lowest BCUT2D eigenvalue weighted by molar-refractivity contribution is -0.0209. The number of carbonyl (C=O) groups is 1. The largest absolute Gasteiger partial charge is 0.465 e. The molecule has 1 amide bonds. The van der Waals surface area contributed by atoms with Gasteiger partial charge in [0.25, 0.3) is 0 Å². The topological polar surface area (TPSA) is 72.8 Å². The number of nitrogens with zero attached hydrogens (tertiary/aromatic N) is 1. The van der Waals surface area contributed by atoms with Gasteiger partial charge in [0.1, 0.15) is 6.23 Å². The van der Waals surface area contributed by atoms with Crippen LogP contribution in [0.2, 0.25) is 0 Å². The molecule has 3 N–H and O–H groups in total. The maximum atomic E-state index is 10.2. The number of amides is 1. The number of rotatable bonds is 4. The highest BCUT2D eigenvalue weighted by Gasteiger charge is 2.36. The first kappa shape index (κ1) is 12.6. The second kappa shape index (κ2) is 5.05. The highest BCUT2D eigenvalue weighted by atomic mass is 32.2. The van der Waals surface area contributed by atoms with Crippen LogP contribution >= 0.6 is 11.8 Å². The summed E-state index contributed by atoms with van der Waals surface area (Å²) in [5.74, 6) is 1.01.